The SMILES string of the molecule is COc1ccc(-c2nn(Cc3ccccc3)cc2/C=N\N2CC(=O)NC2=O)cc1OC. The first-order valence-electron chi connectivity index (χ1n) is 9.56. The molecule has 2 heterocycles. The van der Waals surface area contributed by atoms with Gasteiger partial charge in [0.2, 0.25) is 5.91 Å². The van der Waals surface area contributed by atoms with E-state index in [4.69, 9.17) is 14.6 Å². The summed E-state index contributed by atoms with van der Waals surface area (Å²) in [6.45, 7) is 0.455. The van der Waals surface area contributed by atoms with Crippen LogP contribution in [0.5, 0.6) is 11.5 Å². The molecule has 0 atom stereocenters. The molecule has 9 nitrogen and oxygen atoms in total. The minimum atomic E-state index is -0.550. The number of rotatable bonds is 7. The van der Waals surface area contributed by atoms with E-state index >= 15 is 0 Å². The van der Waals surface area contributed by atoms with Crippen molar-refractivity contribution < 1.29 is 19.1 Å². The van der Waals surface area contributed by atoms with Crippen molar-refractivity contribution in [1.29, 1.82) is 0 Å². The van der Waals surface area contributed by atoms with Gasteiger partial charge in [-0.2, -0.15) is 10.2 Å². The Morgan fingerprint density at radius 2 is 1.87 bits per heavy atom. The van der Waals surface area contributed by atoms with E-state index in [1.807, 2.05) is 48.7 Å². The van der Waals surface area contributed by atoms with Crippen molar-refractivity contribution in [1.82, 2.24) is 20.1 Å². The van der Waals surface area contributed by atoms with E-state index < -0.39 is 6.03 Å². The van der Waals surface area contributed by atoms with Gasteiger partial charge in [-0.25, -0.2) is 9.80 Å². The Hall–Kier alpha value is -4.14. The fraction of sp³-hybridized carbons (Fsp3) is 0.182. The number of carbonyl (C=O) groups is 2. The maximum absolute atomic E-state index is 11.8. The number of methoxy groups -OCH3 is 2. The lowest BCUT2D eigenvalue weighted by Crippen LogP contribution is -2.24. The highest BCUT2D eigenvalue weighted by Crippen LogP contribution is 2.32. The van der Waals surface area contributed by atoms with Crippen molar-refractivity contribution in [3.8, 4) is 22.8 Å². The molecule has 1 aliphatic heterocycles. The standard InChI is InChI=1S/C22H21N5O4/c1-30-18-9-8-16(10-19(18)31-2)21-17(11-23-27-14-20(28)24-22(27)29)13-26(25-21)12-15-6-4-3-5-7-15/h3-11,13H,12,14H2,1-2H3,(H,24,28,29)/b23-11-. The molecule has 2 aromatic carbocycles. The van der Waals surface area contributed by atoms with Crippen LogP contribution >= 0.6 is 0 Å². The fourth-order valence-corrected chi connectivity index (χ4v) is 3.25. The van der Waals surface area contributed by atoms with E-state index in [9.17, 15) is 9.59 Å². The Morgan fingerprint density at radius 3 is 2.55 bits per heavy atom. The Kier molecular flexibility index (Phi) is 5.65. The zero-order valence-electron chi connectivity index (χ0n) is 17.1. The summed E-state index contributed by atoms with van der Waals surface area (Å²) in [6, 6.07) is 14.9. The van der Waals surface area contributed by atoms with Gasteiger partial charge in [-0.1, -0.05) is 30.3 Å². The highest BCUT2D eigenvalue weighted by Gasteiger charge is 2.26. The van der Waals surface area contributed by atoms with Crippen molar-refractivity contribution in [3.63, 3.8) is 0 Å². The molecule has 0 bridgehead atoms. The molecule has 0 aliphatic carbocycles. The van der Waals surface area contributed by atoms with Crippen molar-refractivity contribution in [2.75, 3.05) is 20.8 Å². The van der Waals surface area contributed by atoms with E-state index in [0.717, 1.165) is 16.1 Å². The smallest absolute Gasteiger partial charge is 0.344 e. The highest BCUT2D eigenvalue weighted by atomic mass is 16.5. The summed E-state index contributed by atoms with van der Waals surface area (Å²) in [5.74, 6) is 0.796. The molecule has 1 fully saturated rings. The molecule has 9 heteroatoms. The number of amides is 3. The third-order valence-corrected chi connectivity index (χ3v) is 4.74. The van der Waals surface area contributed by atoms with Crippen molar-refractivity contribution in [3.05, 3.63) is 65.9 Å². The average molecular weight is 419 g/mol. The van der Waals surface area contributed by atoms with Gasteiger partial charge >= 0.3 is 6.03 Å². The van der Waals surface area contributed by atoms with Gasteiger partial charge < -0.3 is 9.47 Å². The van der Waals surface area contributed by atoms with Crippen LogP contribution in [-0.4, -0.2) is 53.7 Å². The minimum Gasteiger partial charge on any atom is -0.493 e. The number of urea groups is 1. The van der Waals surface area contributed by atoms with Crippen LogP contribution in [-0.2, 0) is 11.3 Å². The lowest BCUT2D eigenvalue weighted by molar-refractivity contribution is -0.118. The summed E-state index contributed by atoms with van der Waals surface area (Å²) in [7, 11) is 3.15. The first-order chi connectivity index (χ1) is 15.1. The Balaban J connectivity index is 1.71. The molecule has 0 radical (unpaired) electrons. The van der Waals surface area contributed by atoms with Crippen molar-refractivity contribution >= 4 is 18.2 Å². The third kappa shape index (κ3) is 4.40. The van der Waals surface area contributed by atoms with Crippen molar-refractivity contribution in [2.24, 2.45) is 5.10 Å². The summed E-state index contributed by atoms with van der Waals surface area (Å²) < 4.78 is 12.5. The second-order valence-electron chi connectivity index (χ2n) is 6.84. The van der Waals surface area contributed by atoms with Crippen LogP contribution in [0.15, 0.2) is 59.8 Å². The largest absolute Gasteiger partial charge is 0.493 e. The number of hydrogen-bond donors (Lipinski definition) is 1. The summed E-state index contributed by atoms with van der Waals surface area (Å²) in [5, 5.41) is 12.2. The third-order valence-electron chi connectivity index (χ3n) is 4.74. The predicted molar refractivity (Wildman–Crippen MR) is 114 cm³/mol. The second kappa shape index (κ2) is 8.70. The number of hydrazone groups is 1. The first kappa shape index (κ1) is 20.1. The summed E-state index contributed by atoms with van der Waals surface area (Å²) in [6.07, 6.45) is 3.37. The topological polar surface area (TPSA) is 98.0 Å². The number of aromatic nitrogens is 2. The molecule has 1 aromatic heterocycles. The highest BCUT2D eigenvalue weighted by molar-refractivity contribution is 6.02. The van der Waals surface area contributed by atoms with E-state index in [1.54, 1.807) is 25.0 Å². The van der Waals surface area contributed by atoms with E-state index in [0.29, 0.717) is 29.3 Å². The zero-order chi connectivity index (χ0) is 21.8. The van der Waals surface area contributed by atoms with E-state index in [-0.39, 0.29) is 12.5 Å². The maximum Gasteiger partial charge on any atom is 0.344 e. The molecule has 0 spiro atoms. The van der Waals surface area contributed by atoms with Crippen LogP contribution in [0.2, 0.25) is 0 Å². The molecule has 4 rings (SSSR count). The van der Waals surface area contributed by atoms with Crippen LogP contribution in [0.3, 0.4) is 0 Å². The van der Waals surface area contributed by atoms with Gasteiger partial charge in [0, 0.05) is 17.3 Å². The monoisotopic (exact) mass is 419 g/mol. The van der Waals surface area contributed by atoms with Gasteiger partial charge in [-0.05, 0) is 23.8 Å². The number of ether oxygens (including phenoxy) is 2. The molecule has 1 saturated heterocycles. The van der Waals surface area contributed by atoms with Crippen molar-refractivity contribution in [2.45, 2.75) is 6.54 Å². The molecular formula is C22H21N5O4. The molecular weight excluding hydrogens is 398 g/mol. The summed E-state index contributed by atoms with van der Waals surface area (Å²) in [5.41, 5.74) is 3.24. The lowest BCUT2D eigenvalue weighted by atomic mass is 10.1. The summed E-state index contributed by atoms with van der Waals surface area (Å²) >= 11 is 0. The number of imide groups is 1. The molecule has 3 amide bonds. The Morgan fingerprint density at radius 1 is 1.10 bits per heavy atom. The number of nitrogens with zero attached hydrogens (tertiary/aromatic N) is 4. The fourth-order valence-electron chi connectivity index (χ4n) is 3.25. The number of hydrogen-bond acceptors (Lipinski definition) is 6. The van der Waals surface area contributed by atoms with Crippen LogP contribution in [0.1, 0.15) is 11.1 Å². The predicted octanol–water partition coefficient (Wildman–Crippen LogP) is 2.50. The number of carbonyl (C=O) groups excluding carboxylic acids is 2. The quantitative estimate of drug-likeness (QED) is 0.469. The van der Waals surface area contributed by atoms with Gasteiger partial charge in [-0.15, -0.1) is 0 Å². The van der Waals surface area contributed by atoms with Crippen LogP contribution in [0.4, 0.5) is 4.79 Å². The van der Waals surface area contributed by atoms with Gasteiger partial charge in [0.25, 0.3) is 0 Å². The van der Waals surface area contributed by atoms with E-state index in [2.05, 4.69) is 10.4 Å². The molecule has 31 heavy (non-hydrogen) atoms. The molecule has 3 aromatic rings. The van der Waals surface area contributed by atoms with Gasteiger partial charge in [0.15, 0.2) is 11.5 Å². The van der Waals surface area contributed by atoms with Gasteiger partial charge in [0.05, 0.1) is 27.0 Å². The Bertz CT molecular complexity index is 1140. The molecule has 1 N–H and O–H groups in total. The molecule has 0 saturated carbocycles. The van der Waals surface area contributed by atoms with Gasteiger partial charge in [0.1, 0.15) is 12.2 Å². The molecule has 158 valence electrons. The molecule has 0 unspecified atom stereocenters. The lowest BCUT2D eigenvalue weighted by Gasteiger charge is -2.09. The van der Waals surface area contributed by atoms with Gasteiger partial charge in [-0.3, -0.25) is 14.8 Å². The minimum absolute atomic E-state index is 0.112. The van der Waals surface area contributed by atoms with E-state index in [1.165, 1.54) is 6.21 Å². The second-order valence-corrected chi connectivity index (χ2v) is 6.84. The summed E-state index contributed by atoms with van der Waals surface area (Å²) in [4.78, 5) is 23.2. The van der Waals surface area contributed by atoms with Crippen LogP contribution < -0.4 is 14.8 Å². The number of nitrogens with one attached hydrogen (secondary N) is 1. The van der Waals surface area contributed by atoms with Crippen LogP contribution in [0, 0.1) is 0 Å². The zero-order valence-corrected chi connectivity index (χ0v) is 17.1. The molecule has 1 aliphatic rings. The average Bonchev–Trinajstić information content (AvgIpc) is 3.33. The number of benzene rings is 2. The normalized spacial score (nSPS) is 13.7. The first-order valence-corrected chi connectivity index (χ1v) is 9.56. The van der Waals surface area contributed by atoms with Crippen LogP contribution in [0.25, 0.3) is 11.3 Å². The maximum atomic E-state index is 11.8. The Labute approximate surface area is 178 Å².